The highest BCUT2D eigenvalue weighted by molar-refractivity contribution is 6.34. The van der Waals surface area contributed by atoms with Gasteiger partial charge in [0.1, 0.15) is 5.75 Å². The molecule has 1 aliphatic heterocycles. The van der Waals surface area contributed by atoms with E-state index >= 15 is 0 Å². The summed E-state index contributed by atoms with van der Waals surface area (Å²) in [6, 6.07) is 3.52. The summed E-state index contributed by atoms with van der Waals surface area (Å²) in [5.74, 6) is 0.265. The van der Waals surface area contributed by atoms with Crippen molar-refractivity contribution in [1.82, 2.24) is 4.90 Å². The van der Waals surface area contributed by atoms with E-state index in [0.717, 1.165) is 18.5 Å². The Hall–Kier alpha value is -0.970. The molecule has 2 N–H and O–H groups in total. The molecular weight excluding hydrogens is 287 g/mol. The summed E-state index contributed by atoms with van der Waals surface area (Å²) < 4.78 is 5.11. The molecule has 2 rings (SSSR count). The lowest BCUT2D eigenvalue weighted by molar-refractivity contribution is -0.121. The van der Waals surface area contributed by atoms with Crippen LogP contribution in [0.4, 0.5) is 0 Å². The van der Waals surface area contributed by atoms with Crippen molar-refractivity contribution in [3.8, 4) is 5.75 Å². The molecule has 1 atom stereocenters. The van der Waals surface area contributed by atoms with Gasteiger partial charge < -0.3 is 10.5 Å². The second-order valence-electron chi connectivity index (χ2n) is 4.70. The molecule has 0 spiro atoms. The van der Waals surface area contributed by atoms with Gasteiger partial charge in [-0.1, -0.05) is 23.2 Å². The molecule has 1 amide bonds. The molecule has 0 unspecified atom stereocenters. The van der Waals surface area contributed by atoms with E-state index in [-0.39, 0.29) is 11.8 Å². The molecule has 1 heterocycles. The maximum atomic E-state index is 11.1. The first-order valence-electron chi connectivity index (χ1n) is 6.05. The first kappa shape index (κ1) is 14.4. The number of methoxy groups -OCH3 is 1. The van der Waals surface area contributed by atoms with E-state index in [2.05, 4.69) is 4.90 Å². The summed E-state index contributed by atoms with van der Waals surface area (Å²) in [6.45, 7) is 2.18. The topological polar surface area (TPSA) is 55.6 Å². The standard InChI is InChI=1S/C13H16Cl2N2O2/c1-19-12-5-10(14)9(4-11(12)15)7-17-3-2-8(6-17)13(16)18/h4-5,8H,2-3,6-7H2,1H3,(H2,16,18)/t8-/m1/s1. The molecule has 19 heavy (non-hydrogen) atoms. The van der Waals surface area contributed by atoms with Crippen LogP contribution in [0.5, 0.6) is 5.75 Å². The normalized spacial score (nSPS) is 19.6. The number of nitrogens with zero attached hydrogens (tertiary/aromatic N) is 1. The maximum Gasteiger partial charge on any atom is 0.221 e. The zero-order chi connectivity index (χ0) is 14.0. The Morgan fingerprint density at radius 3 is 2.79 bits per heavy atom. The smallest absolute Gasteiger partial charge is 0.221 e. The van der Waals surface area contributed by atoms with Gasteiger partial charge in [0.05, 0.1) is 18.1 Å². The number of nitrogens with two attached hydrogens (primary N) is 1. The molecule has 1 aromatic carbocycles. The average Bonchev–Trinajstić information content (AvgIpc) is 2.82. The Balaban J connectivity index is 2.08. The van der Waals surface area contributed by atoms with Crippen LogP contribution in [0.2, 0.25) is 10.0 Å². The number of carbonyl (C=O) groups is 1. The maximum absolute atomic E-state index is 11.1. The number of likely N-dealkylation sites (tertiary alicyclic amines) is 1. The SMILES string of the molecule is COc1cc(Cl)c(CN2CC[C@@H](C(N)=O)C2)cc1Cl. The first-order chi connectivity index (χ1) is 9.01. The summed E-state index contributed by atoms with van der Waals surface area (Å²) in [5.41, 5.74) is 6.24. The fourth-order valence-corrected chi connectivity index (χ4v) is 2.77. The van der Waals surface area contributed by atoms with Crippen LogP contribution in [-0.2, 0) is 11.3 Å². The second kappa shape index (κ2) is 5.99. The van der Waals surface area contributed by atoms with Crippen LogP contribution < -0.4 is 10.5 Å². The summed E-state index contributed by atoms with van der Waals surface area (Å²) in [4.78, 5) is 13.3. The Morgan fingerprint density at radius 2 is 2.21 bits per heavy atom. The monoisotopic (exact) mass is 302 g/mol. The highest BCUT2D eigenvalue weighted by atomic mass is 35.5. The van der Waals surface area contributed by atoms with Gasteiger partial charge in [-0.3, -0.25) is 9.69 Å². The molecule has 1 aliphatic rings. The van der Waals surface area contributed by atoms with Gasteiger partial charge in [0.15, 0.2) is 0 Å². The van der Waals surface area contributed by atoms with E-state index in [1.807, 2.05) is 0 Å². The molecule has 0 saturated carbocycles. The van der Waals surface area contributed by atoms with Crippen LogP contribution in [0.25, 0.3) is 0 Å². The van der Waals surface area contributed by atoms with E-state index < -0.39 is 0 Å². The lowest BCUT2D eigenvalue weighted by atomic mass is 10.1. The molecule has 1 aromatic rings. The van der Waals surface area contributed by atoms with Gasteiger partial charge in [-0.15, -0.1) is 0 Å². The number of hydrogen-bond donors (Lipinski definition) is 1. The van der Waals surface area contributed by atoms with Gasteiger partial charge in [-0.25, -0.2) is 0 Å². The van der Waals surface area contributed by atoms with Crippen LogP contribution in [0.3, 0.4) is 0 Å². The minimum Gasteiger partial charge on any atom is -0.495 e. The molecule has 104 valence electrons. The fraction of sp³-hybridized carbons (Fsp3) is 0.462. The van der Waals surface area contributed by atoms with Crippen LogP contribution >= 0.6 is 23.2 Å². The molecule has 4 nitrogen and oxygen atoms in total. The summed E-state index contributed by atoms with van der Waals surface area (Å²) in [6.07, 6.45) is 0.802. The van der Waals surface area contributed by atoms with Gasteiger partial charge in [0, 0.05) is 24.2 Å². The van der Waals surface area contributed by atoms with E-state index in [1.165, 1.54) is 0 Å². The van der Waals surface area contributed by atoms with E-state index in [1.54, 1.807) is 19.2 Å². The predicted molar refractivity (Wildman–Crippen MR) is 75.6 cm³/mol. The highest BCUT2D eigenvalue weighted by Gasteiger charge is 2.26. The number of halogens is 2. The van der Waals surface area contributed by atoms with Crippen LogP contribution in [-0.4, -0.2) is 31.0 Å². The number of amides is 1. The molecule has 0 aromatic heterocycles. The molecule has 0 aliphatic carbocycles. The summed E-state index contributed by atoms with van der Waals surface area (Å²) in [7, 11) is 1.55. The molecular formula is C13H16Cl2N2O2. The van der Waals surface area contributed by atoms with Crippen molar-refractivity contribution in [1.29, 1.82) is 0 Å². The molecule has 1 fully saturated rings. The van der Waals surface area contributed by atoms with Crippen molar-refractivity contribution < 1.29 is 9.53 Å². The Morgan fingerprint density at radius 1 is 1.47 bits per heavy atom. The average molecular weight is 303 g/mol. The number of primary amides is 1. The Kier molecular flexibility index (Phi) is 4.55. The fourth-order valence-electron chi connectivity index (χ4n) is 2.30. The number of hydrogen-bond acceptors (Lipinski definition) is 3. The Bertz CT molecular complexity index is 494. The third kappa shape index (κ3) is 3.32. The van der Waals surface area contributed by atoms with E-state index in [9.17, 15) is 4.79 Å². The van der Waals surface area contributed by atoms with Gasteiger partial charge >= 0.3 is 0 Å². The largest absolute Gasteiger partial charge is 0.495 e. The second-order valence-corrected chi connectivity index (χ2v) is 5.52. The van der Waals surface area contributed by atoms with Gasteiger partial charge in [-0.2, -0.15) is 0 Å². The zero-order valence-electron chi connectivity index (χ0n) is 10.7. The van der Waals surface area contributed by atoms with Gasteiger partial charge in [0.2, 0.25) is 5.91 Å². The highest BCUT2D eigenvalue weighted by Crippen LogP contribution is 2.32. The minimum atomic E-state index is -0.235. The van der Waals surface area contributed by atoms with Crippen LogP contribution in [0.15, 0.2) is 12.1 Å². The van der Waals surface area contributed by atoms with Crippen LogP contribution in [0, 0.1) is 5.92 Å². The van der Waals surface area contributed by atoms with Crippen molar-refractivity contribution >= 4 is 29.1 Å². The minimum absolute atomic E-state index is 0.0625. The third-order valence-corrected chi connectivity index (χ3v) is 4.04. The molecule has 0 bridgehead atoms. The van der Waals surface area contributed by atoms with E-state index in [0.29, 0.717) is 28.9 Å². The number of benzene rings is 1. The molecule has 0 radical (unpaired) electrons. The lowest BCUT2D eigenvalue weighted by Gasteiger charge is -2.17. The Labute approximate surface area is 122 Å². The van der Waals surface area contributed by atoms with Crippen molar-refractivity contribution in [3.63, 3.8) is 0 Å². The van der Waals surface area contributed by atoms with Gasteiger partial charge in [-0.05, 0) is 24.6 Å². The van der Waals surface area contributed by atoms with E-state index in [4.69, 9.17) is 33.7 Å². The van der Waals surface area contributed by atoms with Crippen molar-refractivity contribution in [2.75, 3.05) is 20.2 Å². The van der Waals surface area contributed by atoms with Crippen molar-refractivity contribution in [2.24, 2.45) is 11.7 Å². The number of ether oxygens (including phenoxy) is 1. The summed E-state index contributed by atoms with van der Waals surface area (Å²) >= 11 is 12.3. The first-order valence-corrected chi connectivity index (χ1v) is 6.80. The predicted octanol–water partition coefficient (Wildman–Crippen LogP) is 2.31. The van der Waals surface area contributed by atoms with Crippen molar-refractivity contribution in [3.05, 3.63) is 27.7 Å². The van der Waals surface area contributed by atoms with Crippen LogP contribution in [0.1, 0.15) is 12.0 Å². The number of rotatable bonds is 4. The third-order valence-electron chi connectivity index (χ3n) is 3.39. The molecule has 6 heteroatoms. The summed E-state index contributed by atoms with van der Waals surface area (Å²) in [5, 5.41) is 1.15. The zero-order valence-corrected chi connectivity index (χ0v) is 12.2. The lowest BCUT2D eigenvalue weighted by Crippen LogP contribution is -2.27. The molecule has 1 saturated heterocycles. The van der Waals surface area contributed by atoms with Gasteiger partial charge in [0.25, 0.3) is 0 Å². The quantitative estimate of drug-likeness (QED) is 0.928. The number of carbonyl (C=O) groups excluding carboxylic acids is 1. The van der Waals surface area contributed by atoms with Crippen molar-refractivity contribution in [2.45, 2.75) is 13.0 Å².